The highest BCUT2D eigenvalue weighted by atomic mass is 79.9. The van der Waals surface area contributed by atoms with Crippen LogP contribution in [0.4, 0.5) is 5.69 Å². The SMILES string of the molecule is CC1(C)Nc2c(cc(Br)c(OCCO)c2Br)C(C)(C)C1=O. The fourth-order valence-electron chi connectivity index (χ4n) is 2.77. The highest BCUT2D eigenvalue weighted by molar-refractivity contribution is 9.11. The van der Waals surface area contributed by atoms with Gasteiger partial charge in [0.25, 0.3) is 0 Å². The number of Topliss-reactive ketones (excluding diaryl/α,β-unsaturated/α-hetero) is 1. The van der Waals surface area contributed by atoms with Crippen LogP contribution in [0.5, 0.6) is 5.75 Å². The zero-order chi connectivity index (χ0) is 16.0. The van der Waals surface area contributed by atoms with E-state index in [-0.39, 0.29) is 19.0 Å². The molecule has 0 amide bonds. The van der Waals surface area contributed by atoms with Gasteiger partial charge in [0, 0.05) is 0 Å². The average Bonchev–Trinajstić information content (AvgIpc) is 2.39. The minimum atomic E-state index is -0.652. The smallest absolute Gasteiger partial charge is 0.167 e. The van der Waals surface area contributed by atoms with Gasteiger partial charge in [0.15, 0.2) is 5.78 Å². The molecule has 116 valence electrons. The number of rotatable bonds is 3. The summed E-state index contributed by atoms with van der Waals surface area (Å²) in [5, 5.41) is 12.2. The van der Waals surface area contributed by atoms with Gasteiger partial charge in [-0.25, -0.2) is 0 Å². The van der Waals surface area contributed by atoms with Crippen molar-refractivity contribution in [2.24, 2.45) is 0 Å². The summed E-state index contributed by atoms with van der Waals surface area (Å²) in [6.45, 7) is 7.78. The topological polar surface area (TPSA) is 58.6 Å². The molecular formula is C15H19Br2NO3. The average molecular weight is 421 g/mol. The molecule has 1 aromatic rings. The molecule has 1 aliphatic rings. The molecule has 1 heterocycles. The molecule has 6 heteroatoms. The number of fused-ring (bicyclic) bond motifs is 1. The summed E-state index contributed by atoms with van der Waals surface area (Å²) in [6, 6.07) is 1.91. The van der Waals surface area contributed by atoms with Crippen LogP contribution < -0.4 is 10.1 Å². The van der Waals surface area contributed by atoms with Gasteiger partial charge < -0.3 is 15.2 Å². The normalized spacial score (nSPS) is 18.9. The third-order valence-electron chi connectivity index (χ3n) is 3.76. The highest BCUT2D eigenvalue weighted by Crippen LogP contribution is 2.49. The van der Waals surface area contributed by atoms with Gasteiger partial charge >= 0.3 is 0 Å². The lowest BCUT2D eigenvalue weighted by Gasteiger charge is -2.42. The summed E-state index contributed by atoms with van der Waals surface area (Å²) in [4.78, 5) is 12.7. The predicted molar refractivity (Wildman–Crippen MR) is 90.2 cm³/mol. The van der Waals surface area contributed by atoms with Crippen molar-refractivity contribution in [2.75, 3.05) is 18.5 Å². The van der Waals surface area contributed by atoms with Crippen LogP contribution in [0.15, 0.2) is 15.0 Å². The van der Waals surface area contributed by atoms with E-state index in [1.165, 1.54) is 0 Å². The molecule has 2 N–H and O–H groups in total. The molecule has 0 radical (unpaired) electrons. The third-order valence-corrected chi connectivity index (χ3v) is 5.11. The number of nitrogens with one attached hydrogen (secondary N) is 1. The van der Waals surface area contributed by atoms with Gasteiger partial charge in [-0.2, -0.15) is 0 Å². The summed E-state index contributed by atoms with van der Waals surface area (Å²) in [6.07, 6.45) is 0. The van der Waals surface area contributed by atoms with Crippen LogP contribution in [0.3, 0.4) is 0 Å². The Kier molecular flexibility index (Phi) is 4.44. The molecule has 0 saturated carbocycles. The number of carbonyl (C=O) groups is 1. The number of aliphatic hydroxyl groups excluding tert-OH is 1. The van der Waals surface area contributed by atoms with Crippen molar-refractivity contribution in [3.63, 3.8) is 0 Å². The maximum absolute atomic E-state index is 12.7. The van der Waals surface area contributed by atoms with Crippen molar-refractivity contribution in [3.05, 3.63) is 20.6 Å². The summed E-state index contributed by atoms with van der Waals surface area (Å²) < 4.78 is 7.09. The van der Waals surface area contributed by atoms with Crippen molar-refractivity contribution in [1.82, 2.24) is 0 Å². The standard InChI is InChI=1S/C15H19Br2NO3/c1-14(2)8-7-9(16)12(21-6-5-19)10(17)11(8)18-15(3,4)13(14)20/h7,18-19H,5-6H2,1-4H3. The Morgan fingerprint density at radius 1 is 1.29 bits per heavy atom. The lowest BCUT2D eigenvalue weighted by molar-refractivity contribution is -0.127. The first-order valence-electron chi connectivity index (χ1n) is 6.72. The van der Waals surface area contributed by atoms with Gasteiger partial charge in [-0.15, -0.1) is 0 Å². The molecule has 0 bridgehead atoms. The second-order valence-corrected chi connectivity index (χ2v) is 7.85. The molecule has 0 aliphatic carbocycles. The zero-order valence-corrected chi connectivity index (χ0v) is 15.7. The second kappa shape index (κ2) is 5.56. The Balaban J connectivity index is 2.64. The van der Waals surface area contributed by atoms with Gasteiger partial charge in [-0.05, 0) is 71.2 Å². The van der Waals surface area contributed by atoms with E-state index in [0.29, 0.717) is 5.75 Å². The summed E-state index contributed by atoms with van der Waals surface area (Å²) in [5.74, 6) is 0.765. The maximum Gasteiger partial charge on any atom is 0.167 e. The molecule has 0 unspecified atom stereocenters. The van der Waals surface area contributed by atoms with Crippen LogP contribution in [0.25, 0.3) is 0 Å². The first kappa shape index (κ1) is 16.8. The highest BCUT2D eigenvalue weighted by Gasteiger charge is 2.47. The zero-order valence-electron chi connectivity index (χ0n) is 12.5. The van der Waals surface area contributed by atoms with E-state index in [0.717, 1.165) is 20.2 Å². The summed E-state index contributed by atoms with van der Waals surface area (Å²) >= 11 is 7.04. The van der Waals surface area contributed by atoms with Gasteiger partial charge in [0.1, 0.15) is 12.4 Å². The first-order valence-corrected chi connectivity index (χ1v) is 8.30. The fourth-order valence-corrected chi connectivity index (χ4v) is 4.22. The Bertz CT molecular complexity index is 597. The lowest BCUT2D eigenvalue weighted by atomic mass is 9.70. The molecule has 0 fully saturated rings. The maximum atomic E-state index is 12.7. The van der Waals surface area contributed by atoms with Crippen molar-refractivity contribution in [3.8, 4) is 5.75 Å². The number of ether oxygens (including phenoxy) is 1. The molecule has 21 heavy (non-hydrogen) atoms. The fraction of sp³-hybridized carbons (Fsp3) is 0.533. The van der Waals surface area contributed by atoms with E-state index in [2.05, 4.69) is 37.2 Å². The molecule has 0 spiro atoms. The molecule has 1 aliphatic heterocycles. The van der Waals surface area contributed by atoms with Gasteiger partial charge in [-0.3, -0.25) is 4.79 Å². The van der Waals surface area contributed by atoms with Crippen LogP contribution in [0.1, 0.15) is 33.3 Å². The number of hydrogen-bond donors (Lipinski definition) is 2. The van der Waals surface area contributed by atoms with Crippen molar-refractivity contribution >= 4 is 43.3 Å². The van der Waals surface area contributed by atoms with E-state index in [1.807, 2.05) is 33.8 Å². The number of carbonyl (C=O) groups excluding carboxylic acids is 1. The Labute approximate surface area is 141 Å². The predicted octanol–water partition coefficient (Wildman–Crippen LogP) is 3.63. The largest absolute Gasteiger partial charge is 0.489 e. The second-order valence-electron chi connectivity index (χ2n) is 6.20. The van der Waals surface area contributed by atoms with Crippen LogP contribution in [0.2, 0.25) is 0 Å². The number of ketones is 1. The molecular weight excluding hydrogens is 402 g/mol. The van der Waals surface area contributed by atoms with Gasteiger partial charge in [0.05, 0.1) is 32.2 Å². The van der Waals surface area contributed by atoms with Gasteiger partial charge in [0.2, 0.25) is 0 Å². The summed E-state index contributed by atoms with van der Waals surface area (Å²) in [5.41, 5.74) is 0.536. The molecule has 0 atom stereocenters. The molecule has 4 nitrogen and oxygen atoms in total. The van der Waals surface area contributed by atoms with Crippen molar-refractivity contribution in [1.29, 1.82) is 0 Å². The number of halogens is 2. The molecule has 2 rings (SSSR count). The van der Waals surface area contributed by atoms with E-state index in [4.69, 9.17) is 9.84 Å². The van der Waals surface area contributed by atoms with Gasteiger partial charge in [-0.1, -0.05) is 0 Å². The molecule has 0 saturated heterocycles. The minimum absolute atomic E-state index is 0.0567. The van der Waals surface area contributed by atoms with Crippen LogP contribution in [-0.2, 0) is 10.2 Å². The van der Waals surface area contributed by atoms with E-state index in [9.17, 15) is 4.79 Å². The third kappa shape index (κ3) is 2.73. The molecule has 0 aromatic heterocycles. The number of anilines is 1. The Morgan fingerprint density at radius 3 is 2.48 bits per heavy atom. The lowest BCUT2D eigenvalue weighted by Crippen LogP contribution is -2.53. The monoisotopic (exact) mass is 419 g/mol. The van der Waals surface area contributed by atoms with E-state index >= 15 is 0 Å². The van der Waals surface area contributed by atoms with Crippen LogP contribution in [-0.4, -0.2) is 29.6 Å². The number of hydrogen-bond acceptors (Lipinski definition) is 4. The van der Waals surface area contributed by atoms with Crippen molar-refractivity contribution < 1.29 is 14.6 Å². The quantitative estimate of drug-likeness (QED) is 0.783. The first-order chi connectivity index (χ1) is 9.63. The Hall–Kier alpha value is -0.590. The molecule has 1 aromatic carbocycles. The van der Waals surface area contributed by atoms with Crippen LogP contribution >= 0.6 is 31.9 Å². The Morgan fingerprint density at radius 2 is 1.90 bits per heavy atom. The number of benzene rings is 1. The summed E-state index contributed by atoms with van der Waals surface area (Å²) in [7, 11) is 0. The number of aliphatic hydroxyl groups is 1. The van der Waals surface area contributed by atoms with Crippen LogP contribution in [0, 0.1) is 0 Å². The van der Waals surface area contributed by atoms with E-state index < -0.39 is 11.0 Å². The van der Waals surface area contributed by atoms with E-state index in [1.54, 1.807) is 0 Å². The van der Waals surface area contributed by atoms with Crippen molar-refractivity contribution in [2.45, 2.75) is 38.6 Å². The minimum Gasteiger partial charge on any atom is -0.489 e.